The van der Waals surface area contributed by atoms with Gasteiger partial charge >= 0.3 is 12.1 Å². The van der Waals surface area contributed by atoms with E-state index in [4.69, 9.17) is 9.84 Å². The van der Waals surface area contributed by atoms with Crippen LogP contribution in [-0.4, -0.2) is 36.3 Å². The Morgan fingerprint density at radius 2 is 2.05 bits per heavy atom. The highest BCUT2D eigenvalue weighted by atomic mass is 19.1. The van der Waals surface area contributed by atoms with E-state index in [1.54, 1.807) is 6.92 Å². The van der Waals surface area contributed by atoms with E-state index in [-0.39, 0.29) is 12.4 Å². The number of carbonyl (C=O) groups excluding carboxylic acids is 2. The van der Waals surface area contributed by atoms with E-state index in [1.165, 1.54) is 0 Å². The molecular formula is C12H12FNO6. The molecule has 2 amide bonds. The summed E-state index contributed by atoms with van der Waals surface area (Å²) < 4.78 is 22.3. The summed E-state index contributed by atoms with van der Waals surface area (Å²) in [6.45, 7) is 1.06. The summed E-state index contributed by atoms with van der Waals surface area (Å²) in [5.74, 6) is -3.14. The second-order valence-corrected chi connectivity index (χ2v) is 3.50. The molecule has 1 aromatic rings. The molecule has 1 rings (SSSR count). The number of hydrogen-bond acceptors (Lipinski definition) is 5. The van der Waals surface area contributed by atoms with Crippen LogP contribution in [0.2, 0.25) is 0 Å². The van der Waals surface area contributed by atoms with Gasteiger partial charge < -0.3 is 14.6 Å². The molecule has 0 fully saturated rings. The Kier molecular flexibility index (Phi) is 5.45. The molecule has 0 atom stereocenters. The standard InChI is InChI=1S/C12H12FNO6/c1-2-19-12(18)14-10(15)6-20-9-4-3-7(13)5-8(9)11(16)17/h3-5H,2,6H2,1H3,(H,16,17)(H,14,15,18). The predicted molar refractivity (Wildman–Crippen MR) is 64.0 cm³/mol. The van der Waals surface area contributed by atoms with Crippen molar-refractivity contribution in [3.8, 4) is 5.75 Å². The van der Waals surface area contributed by atoms with E-state index >= 15 is 0 Å². The van der Waals surface area contributed by atoms with Crippen LogP contribution in [0.5, 0.6) is 5.75 Å². The zero-order chi connectivity index (χ0) is 15.1. The average Bonchev–Trinajstić information content (AvgIpc) is 2.37. The van der Waals surface area contributed by atoms with Crippen LogP contribution in [0, 0.1) is 5.82 Å². The normalized spacial score (nSPS) is 9.70. The Hall–Kier alpha value is -2.64. The first-order valence-corrected chi connectivity index (χ1v) is 5.56. The third-order valence-electron chi connectivity index (χ3n) is 2.05. The van der Waals surface area contributed by atoms with Crippen molar-refractivity contribution in [2.24, 2.45) is 0 Å². The Bertz CT molecular complexity index is 531. The number of nitrogens with one attached hydrogen (secondary N) is 1. The Morgan fingerprint density at radius 1 is 1.35 bits per heavy atom. The molecule has 2 N–H and O–H groups in total. The van der Waals surface area contributed by atoms with Crippen LogP contribution in [0.1, 0.15) is 17.3 Å². The van der Waals surface area contributed by atoms with E-state index < -0.39 is 36.0 Å². The van der Waals surface area contributed by atoms with E-state index in [0.717, 1.165) is 18.2 Å². The third kappa shape index (κ3) is 4.56. The SMILES string of the molecule is CCOC(=O)NC(=O)COc1ccc(F)cc1C(=O)O. The smallest absolute Gasteiger partial charge is 0.413 e. The fourth-order valence-corrected chi connectivity index (χ4v) is 1.26. The summed E-state index contributed by atoms with van der Waals surface area (Å²) in [6.07, 6.45) is -0.932. The van der Waals surface area contributed by atoms with Gasteiger partial charge in [-0.05, 0) is 25.1 Å². The lowest BCUT2D eigenvalue weighted by atomic mass is 10.2. The number of hydrogen-bond donors (Lipinski definition) is 2. The molecule has 0 saturated heterocycles. The maximum absolute atomic E-state index is 12.9. The molecule has 0 aliphatic carbocycles. The van der Waals surface area contributed by atoms with E-state index in [2.05, 4.69) is 4.74 Å². The molecule has 20 heavy (non-hydrogen) atoms. The average molecular weight is 285 g/mol. The van der Waals surface area contributed by atoms with E-state index in [1.807, 2.05) is 5.32 Å². The lowest BCUT2D eigenvalue weighted by Gasteiger charge is -2.09. The molecule has 0 spiro atoms. The van der Waals surface area contributed by atoms with Gasteiger partial charge in [0.25, 0.3) is 5.91 Å². The first-order valence-electron chi connectivity index (χ1n) is 5.56. The summed E-state index contributed by atoms with van der Waals surface area (Å²) in [4.78, 5) is 33.1. The van der Waals surface area contributed by atoms with Gasteiger partial charge in [-0.2, -0.15) is 0 Å². The number of rotatable bonds is 5. The van der Waals surface area contributed by atoms with E-state index in [0.29, 0.717) is 0 Å². The van der Waals surface area contributed by atoms with Crippen LogP contribution >= 0.6 is 0 Å². The molecule has 0 heterocycles. The maximum Gasteiger partial charge on any atom is 0.413 e. The largest absolute Gasteiger partial charge is 0.483 e. The van der Waals surface area contributed by atoms with Crippen LogP contribution in [0.4, 0.5) is 9.18 Å². The molecule has 1 aromatic carbocycles. The minimum atomic E-state index is -1.40. The Labute approximate surface area is 113 Å². The van der Waals surface area contributed by atoms with Crippen LogP contribution in [0.25, 0.3) is 0 Å². The highest BCUT2D eigenvalue weighted by molar-refractivity contribution is 5.93. The fraction of sp³-hybridized carbons (Fsp3) is 0.250. The quantitative estimate of drug-likeness (QED) is 0.842. The second-order valence-electron chi connectivity index (χ2n) is 3.50. The summed E-state index contributed by atoms with van der Waals surface area (Å²) in [5, 5.41) is 10.7. The van der Waals surface area contributed by atoms with Crippen molar-refractivity contribution < 1.29 is 33.4 Å². The van der Waals surface area contributed by atoms with Crippen molar-refractivity contribution in [2.45, 2.75) is 6.92 Å². The number of benzene rings is 1. The van der Waals surface area contributed by atoms with Crippen molar-refractivity contribution in [1.82, 2.24) is 5.32 Å². The van der Waals surface area contributed by atoms with Crippen LogP contribution in [0.3, 0.4) is 0 Å². The zero-order valence-corrected chi connectivity index (χ0v) is 10.5. The van der Waals surface area contributed by atoms with Gasteiger partial charge in [0.1, 0.15) is 17.1 Å². The molecule has 0 aliphatic rings. The molecule has 0 radical (unpaired) electrons. The van der Waals surface area contributed by atoms with Crippen LogP contribution in [-0.2, 0) is 9.53 Å². The van der Waals surface area contributed by atoms with Gasteiger partial charge in [-0.15, -0.1) is 0 Å². The molecule has 0 saturated carbocycles. The van der Waals surface area contributed by atoms with Crippen molar-refractivity contribution in [3.05, 3.63) is 29.6 Å². The number of carboxylic acids is 1. The Balaban J connectivity index is 2.64. The number of carboxylic acid groups (broad SMARTS) is 1. The minimum Gasteiger partial charge on any atom is -0.483 e. The molecule has 7 nitrogen and oxygen atoms in total. The highest BCUT2D eigenvalue weighted by Crippen LogP contribution is 2.19. The molecule has 108 valence electrons. The van der Waals surface area contributed by atoms with Gasteiger partial charge in [-0.3, -0.25) is 10.1 Å². The van der Waals surface area contributed by atoms with Gasteiger partial charge in [0.05, 0.1) is 6.61 Å². The van der Waals surface area contributed by atoms with Gasteiger partial charge in [0.2, 0.25) is 0 Å². The number of ether oxygens (including phenoxy) is 2. The molecule has 0 aliphatic heterocycles. The van der Waals surface area contributed by atoms with Gasteiger partial charge in [-0.1, -0.05) is 0 Å². The third-order valence-corrected chi connectivity index (χ3v) is 2.05. The van der Waals surface area contributed by atoms with Crippen LogP contribution in [0.15, 0.2) is 18.2 Å². The molecule has 0 unspecified atom stereocenters. The number of halogens is 1. The lowest BCUT2D eigenvalue weighted by Crippen LogP contribution is -2.34. The number of carbonyl (C=O) groups is 3. The summed E-state index contributed by atoms with van der Waals surface area (Å²) in [7, 11) is 0. The van der Waals surface area contributed by atoms with Crippen molar-refractivity contribution in [2.75, 3.05) is 13.2 Å². The number of aromatic carboxylic acids is 1. The summed E-state index contributed by atoms with van der Waals surface area (Å²) >= 11 is 0. The predicted octanol–water partition coefficient (Wildman–Crippen LogP) is 1.18. The Morgan fingerprint density at radius 3 is 2.65 bits per heavy atom. The number of alkyl carbamates (subject to hydrolysis) is 1. The van der Waals surface area contributed by atoms with Crippen molar-refractivity contribution in [1.29, 1.82) is 0 Å². The fourth-order valence-electron chi connectivity index (χ4n) is 1.26. The van der Waals surface area contributed by atoms with Gasteiger partial charge in [0.15, 0.2) is 6.61 Å². The number of amides is 2. The lowest BCUT2D eigenvalue weighted by molar-refractivity contribution is -0.122. The maximum atomic E-state index is 12.9. The monoisotopic (exact) mass is 285 g/mol. The van der Waals surface area contributed by atoms with E-state index in [9.17, 15) is 18.8 Å². The molecular weight excluding hydrogens is 273 g/mol. The first kappa shape index (κ1) is 15.4. The zero-order valence-electron chi connectivity index (χ0n) is 10.5. The number of imide groups is 1. The van der Waals surface area contributed by atoms with Crippen molar-refractivity contribution >= 4 is 18.0 Å². The minimum absolute atomic E-state index is 0.0983. The first-order chi connectivity index (χ1) is 9.43. The molecule has 0 bridgehead atoms. The molecule has 0 aromatic heterocycles. The summed E-state index contributed by atoms with van der Waals surface area (Å²) in [5.41, 5.74) is -0.422. The van der Waals surface area contributed by atoms with Gasteiger partial charge in [-0.25, -0.2) is 14.0 Å². The molecule has 8 heteroatoms. The second kappa shape index (κ2) is 7.07. The van der Waals surface area contributed by atoms with Crippen LogP contribution < -0.4 is 10.1 Å². The van der Waals surface area contributed by atoms with Gasteiger partial charge in [0, 0.05) is 0 Å². The summed E-state index contributed by atoms with van der Waals surface area (Å²) in [6, 6.07) is 2.84. The highest BCUT2D eigenvalue weighted by Gasteiger charge is 2.15. The van der Waals surface area contributed by atoms with Crippen molar-refractivity contribution in [3.63, 3.8) is 0 Å². The topological polar surface area (TPSA) is 102 Å².